The lowest BCUT2D eigenvalue weighted by Crippen LogP contribution is -2.31. The van der Waals surface area contributed by atoms with Crippen molar-refractivity contribution in [2.75, 3.05) is 19.9 Å². The first-order valence-corrected chi connectivity index (χ1v) is 6.19. The lowest BCUT2D eigenvalue weighted by atomic mass is 10.2. The molecule has 0 amide bonds. The Labute approximate surface area is 109 Å². The van der Waals surface area contributed by atoms with Crippen LogP contribution in [-0.2, 0) is 16.3 Å². The quantitative estimate of drug-likeness (QED) is 0.459. The molecule has 0 aliphatic carbocycles. The molecule has 1 rings (SSSR count). The Kier molecular flexibility index (Phi) is 6.29. The smallest absolute Gasteiger partial charge is 0.135 e. The lowest BCUT2D eigenvalue weighted by molar-refractivity contribution is -0.365. The standard InChI is InChI=1S/C14H23NO3/c1-14(2,3)18-17-12-15(9-10-16)11-13-7-5-4-6-8-13/h4-8,16H,9-12H2,1-3H3. The second-order valence-corrected chi connectivity index (χ2v) is 5.20. The molecule has 4 heteroatoms. The molecule has 4 nitrogen and oxygen atoms in total. The third-order valence-electron chi connectivity index (χ3n) is 2.21. The SMILES string of the molecule is CC(C)(C)OOCN(CCO)Cc1ccccc1. The van der Waals surface area contributed by atoms with Crippen LogP contribution in [0.3, 0.4) is 0 Å². The van der Waals surface area contributed by atoms with E-state index in [-0.39, 0.29) is 12.2 Å². The maximum absolute atomic E-state index is 9.04. The van der Waals surface area contributed by atoms with Crippen LogP contribution in [-0.4, -0.2) is 35.5 Å². The van der Waals surface area contributed by atoms with Crippen molar-refractivity contribution in [1.82, 2.24) is 4.90 Å². The molecule has 1 aromatic carbocycles. The van der Waals surface area contributed by atoms with Crippen molar-refractivity contribution in [2.45, 2.75) is 32.9 Å². The summed E-state index contributed by atoms with van der Waals surface area (Å²) in [5, 5.41) is 9.04. The third kappa shape index (κ3) is 6.71. The Morgan fingerprint density at radius 2 is 1.83 bits per heavy atom. The summed E-state index contributed by atoms with van der Waals surface area (Å²) in [5.41, 5.74) is 0.864. The summed E-state index contributed by atoms with van der Waals surface area (Å²) in [5.74, 6) is 0. The van der Waals surface area contributed by atoms with E-state index in [4.69, 9.17) is 14.9 Å². The molecule has 0 aromatic heterocycles. The summed E-state index contributed by atoms with van der Waals surface area (Å²) >= 11 is 0. The number of rotatable bonds is 7. The van der Waals surface area contributed by atoms with Crippen molar-refractivity contribution in [3.8, 4) is 0 Å². The Bertz CT molecular complexity index is 322. The first-order valence-electron chi connectivity index (χ1n) is 6.19. The van der Waals surface area contributed by atoms with Gasteiger partial charge in [0.1, 0.15) is 6.73 Å². The normalized spacial score (nSPS) is 12.1. The molecule has 0 unspecified atom stereocenters. The van der Waals surface area contributed by atoms with Crippen LogP contribution in [0, 0.1) is 0 Å². The molecule has 0 aliphatic heterocycles. The molecule has 0 radical (unpaired) electrons. The minimum absolute atomic E-state index is 0.103. The number of nitrogens with zero attached hydrogens (tertiary/aromatic N) is 1. The fourth-order valence-electron chi connectivity index (χ4n) is 1.45. The van der Waals surface area contributed by atoms with E-state index in [0.29, 0.717) is 13.3 Å². The maximum atomic E-state index is 9.04. The van der Waals surface area contributed by atoms with Gasteiger partial charge in [0.05, 0.1) is 12.2 Å². The van der Waals surface area contributed by atoms with Crippen molar-refractivity contribution in [1.29, 1.82) is 0 Å². The molecule has 102 valence electrons. The molecule has 1 N–H and O–H groups in total. The number of benzene rings is 1. The van der Waals surface area contributed by atoms with E-state index in [1.807, 2.05) is 43.9 Å². The monoisotopic (exact) mass is 253 g/mol. The van der Waals surface area contributed by atoms with E-state index < -0.39 is 0 Å². The highest BCUT2D eigenvalue weighted by molar-refractivity contribution is 5.14. The molecular weight excluding hydrogens is 230 g/mol. The van der Waals surface area contributed by atoms with E-state index in [9.17, 15) is 0 Å². The summed E-state index contributed by atoms with van der Waals surface area (Å²) in [7, 11) is 0. The average Bonchev–Trinajstić information content (AvgIpc) is 2.29. The molecule has 1 aromatic rings. The van der Waals surface area contributed by atoms with Gasteiger partial charge in [-0.15, -0.1) is 0 Å². The molecule has 0 saturated carbocycles. The fraction of sp³-hybridized carbons (Fsp3) is 0.571. The highest BCUT2D eigenvalue weighted by Gasteiger charge is 2.13. The molecule has 0 spiro atoms. The molecule has 0 bridgehead atoms. The van der Waals surface area contributed by atoms with Gasteiger partial charge in [0.2, 0.25) is 0 Å². The Hall–Kier alpha value is -0.940. The Morgan fingerprint density at radius 3 is 2.39 bits per heavy atom. The van der Waals surface area contributed by atoms with E-state index >= 15 is 0 Å². The van der Waals surface area contributed by atoms with Crippen LogP contribution in [0.15, 0.2) is 30.3 Å². The van der Waals surface area contributed by atoms with Crippen LogP contribution in [0.4, 0.5) is 0 Å². The predicted octanol–water partition coefficient (Wildman–Crippen LogP) is 2.19. The summed E-state index contributed by atoms with van der Waals surface area (Å²) in [6, 6.07) is 10.1. The zero-order chi connectivity index (χ0) is 13.4. The molecular formula is C14H23NO3. The highest BCUT2D eigenvalue weighted by Crippen LogP contribution is 2.09. The number of aliphatic hydroxyl groups is 1. The largest absolute Gasteiger partial charge is 0.395 e. The van der Waals surface area contributed by atoms with Gasteiger partial charge in [-0.3, -0.25) is 4.90 Å². The fourth-order valence-corrected chi connectivity index (χ4v) is 1.45. The summed E-state index contributed by atoms with van der Waals surface area (Å²) < 4.78 is 0. The van der Waals surface area contributed by atoms with Gasteiger partial charge in [0.25, 0.3) is 0 Å². The maximum Gasteiger partial charge on any atom is 0.135 e. The van der Waals surface area contributed by atoms with E-state index in [0.717, 1.165) is 6.54 Å². The van der Waals surface area contributed by atoms with Crippen molar-refractivity contribution in [2.24, 2.45) is 0 Å². The first kappa shape index (κ1) is 15.1. The highest BCUT2D eigenvalue weighted by atomic mass is 17.2. The van der Waals surface area contributed by atoms with Crippen LogP contribution in [0.5, 0.6) is 0 Å². The number of hydrogen-bond donors (Lipinski definition) is 1. The van der Waals surface area contributed by atoms with E-state index in [1.54, 1.807) is 0 Å². The topological polar surface area (TPSA) is 41.9 Å². The molecule has 0 atom stereocenters. The van der Waals surface area contributed by atoms with Crippen molar-refractivity contribution < 1.29 is 14.9 Å². The van der Waals surface area contributed by atoms with Crippen LogP contribution in [0.2, 0.25) is 0 Å². The Balaban J connectivity index is 2.40. The van der Waals surface area contributed by atoms with Crippen molar-refractivity contribution in [3.63, 3.8) is 0 Å². The van der Waals surface area contributed by atoms with Crippen LogP contribution >= 0.6 is 0 Å². The molecule has 0 fully saturated rings. The van der Waals surface area contributed by atoms with Gasteiger partial charge >= 0.3 is 0 Å². The predicted molar refractivity (Wildman–Crippen MR) is 70.7 cm³/mol. The molecule has 0 aliphatic rings. The van der Waals surface area contributed by atoms with Crippen LogP contribution in [0.1, 0.15) is 26.3 Å². The van der Waals surface area contributed by atoms with Gasteiger partial charge in [-0.2, -0.15) is 0 Å². The van der Waals surface area contributed by atoms with Gasteiger partial charge in [-0.1, -0.05) is 30.3 Å². The first-order chi connectivity index (χ1) is 8.51. The van der Waals surface area contributed by atoms with Crippen molar-refractivity contribution >= 4 is 0 Å². The van der Waals surface area contributed by atoms with Gasteiger partial charge in [-0.25, -0.2) is 9.78 Å². The second kappa shape index (κ2) is 7.48. The molecule has 0 heterocycles. The summed E-state index contributed by atoms with van der Waals surface area (Å²) in [6.45, 7) is 7.53. The Morgan fingerprint density at radius 1 is 1.17 bits per heavy atom. The number of hydrogen-bond acceptors (Lipinski definition) is 4. The van der Waals surface area contributed by atoms with Crippen molar-refractivity contribution in [3.05, 3.63) is 35.9 Å². The zero-order valence-corrected chi connectivity index (χ0v) is 11.4. The lowest BCUT2D eigenvalue weighted by Gasteiger charge is -2.23. The van der Waals surface area contributed by atoms with E-state index in [1.165, 1.54) is 5.56 Å². The van der Waals surface area contributed by atoms with E-state index in [2.05, 4.69) is 12.1 Å². The molecule has 18 heavy (non-hydrogen) atoms. The minimum Gasteiger partial charge on any atom is -0.395 e. The van der Waals surface area contributed by atoms with Crippen LogP contribution < -0.4 is 0 Å². The van der Waals surface area contributed by atoms with Gasteiger partial charge in [0, 0.05) is 13.1 Å². The number of aliphatic hydroxyl groups excluding tert-OH is 1. The average molecular weight is 253 g/mol. The zero-order valence-electron chi connectivity index (χ0n) is 11.4. The summed E-state index contributed by atoms with van der Waals surface area (Å²) in [6.07, 6.45) is 0. The second-order valence-electron chi connectivity index (χ2n) is 5.20. The third-order valence-corrected chi connectivity index (χ3v) is 2.21. The van der Waals surface area contributed by atoms with Gasteiger partial charge < -0.3 is 5.11 Å². The van der Waals surface area contributed by atoms with Gasteiger partial charge in [0.15, 0.2) is 0 Å². The molecule has 0 saturated heterocycles. The minimum atomic E-state index is -0.322. The van der Waals surface area contributed by atoms with Gasteiger partial charge in [-0.05, 0) is 26.3 Å². The van der Waals surface area contributed by atoms with Crippen LogP contribution in [0.25, 0.3) is 0 Å². The summed E-state index contributed by atoms with van der Waals surface area (Å²) in [4.78, 5) is 12.4.